The highest BCUT2D eigenvalue weighted by Gasteiger charge is 2.20. The molecule has 0 aromatic heterocycles. The quantitative estimate of drug-likeness (QED) is 0.643. The van der Waals surface area contributed by atoms with Gasteiger partial charge in [0.2, 0.25) is 0 Å². The van der Waals surface area contributed by atoms with Gasteiger partial charge in [0.15, 0.2) is 0 Å². The molecule has 0 atom stereocenters. The summed E-state index contributed by atoms with van der Waals surface area (Å²) in [6.45, 7) is 2.58. The van der Waals surface area contributed by atoms with Crippen LogP contribution in [0.2, 0.25) is 0 Å². The fourth-order valence-electron chi connectivity index (χ4n) is 2.41. The Balaban J connectivity index is 1.46. The van der Waals surface area contributed by atoms with Gasteiger partial charge in [-0.1, -0.05) is 32.1 Å². The van der Waals surface area contributed by atoms with Crippen LogP contribution >= 0.6 is 0 Å². The molecule has 0 aliphatic heterocycles. The first-order chi connectivity index (χ1) is 6.45. The molecule has 76 valence electrons. The number of hydrogen-bond acceptors (Lipinski definition) is 1. The van der Waals surface area contributed by atoms with Crippen LogP contribution in [0, 0.1) is 11.8 Å². The van der Waals surface area contributed by atoms with Crippen LogP contribution in [0.1, 0.15) is 51.4 Å². The monoisotopic (exact) mass is 181 g/mol. The maximum atomic E-state index is 3.63. The molecule has 1 heteroatoms. The van der Waals surface area contributed by atoms with Crippen LogP contribution in [0.25, 0.3) is 0 Å². The van der Waals surface area contributed by atoms with E-state index in [1.165, 1.54) is 64.5 Å². The zero-order chi connectivity index (χ0) is 8.93. The first kappa shape index (κ1) is 9.51. The lowest BCUT2D eigenvalue weighted by atomic mass is 9.89. The molecule has 0 aromatic carbocycles. The maximum absolute atomic E-state index is 3.63. The van der Waals surface area contributed by atoms with Crippen molar-refractivity contribution in [2.24, 2.45) is 11.8 Å². The summed E-state index contributed by atoms with van der Waals surface area (Å²) >= 11 is 0. The predicted octanol–water partition coefficient (Wildman–Crippen LogP) is 2.96. The Hall–Kier alpha value is -0.0400. The first-order valence-corrected chi connectivity index (χ1v) is 6.16. The van der Waals surface area contributed by atoms with Crippen molar-refractivity contribution in [2.75, 3.05) is 13.1 Å². The highest BCUT2D eigenvalue weighted by molar-refractivity contribution is 4.74. The largest absolute Gasteiger partial charge is 0.316 e. The average molecular weight is 181 g/mol. The molecular weight excluding hydrogens is 158 g/mol. The summed E-state index contributed by atoms with van der Waals surface area (Å²) in [6.07, 6.45) is 11.9. The molecule has 0 heterocycles. The molecular formula is C12H23N. The zero-order valence-electron chi connectivity index (χ0n) is 8.73. The second-order valence-electron chi connectivity index (χ2n) is 4.94. The molecule has 1 nitrogen and oxygen atoms in total. The third kappa shape index (κ3) is 3.68. The van der Waals surface area contributed by atoms with Gasteiger partial charge in [0.05, 0.1) is 0 Å². The van der Waals surface area contributed by atoms with E-state index in [9.17, 15) is 0 Å². The van der Waals surface area contributed by atoms with Gasteiger partial charge < -0.3 is 5.32 Å². The van der Waals surface area contributed by atoms with Gasteiger partial charge in [-0.25, -0.2) is 0 Å². The lowest BCUT2D eigenvalue weighted by Crippen LogP contribution is -2.25. The molecule has 0 radical (unpaired) electrons. The van der Waals surface area contributed by atoms with Gasteiger partial charge in [0.25, 0.3) is 0 Å². The second-order valence-corrected chi connectivity index (χ2v) is 4.94. The summed E-state index contributed by atoms with van der Waals surface area (Å²) < 4.78 is 0. The van der Waals surface area contributed by atoms with E-state index in [1.807, 2.05) is 0 Å². The SMILES string of the molecule is C1CCC(CNCCC2CC2)CC1. The van der Waals surface area contributed by atoms with Crippen LogP contribution in [0.5, 0.6) is 0 Å². The standard InChI is InChI=1S/C12H23N/c1-2-4-12(5-3-1)10-13-9-8-11-6-7-11/h11-13H,1-10H2. The minimum absolute atomic E-state index is 1.01. The van der Waals surface area contributed by atoms with Gasteiger partial charge in [0.1, 0.15) is 0 Å². The van der Waals surface area contributed by atoms with Crippen molar-refractivity contribution >= 4 is 0 Å². The van der Waals surface area contributed by atoms with E-state index in [2.05, 4.69) is 5.32 Å². The van der Waals surface area contributed by atoms with E-state index >= 15 is 0 Å². The molecule has 0 unspecified atom stereocenters. The van der Waals surface area contributed by atoms with Gasteiger partial charge in [-0.2, -0.15) is 0 Å². The van der Waals surface area contributed by atoms with Crippen LogP contribution in [-0.2, 0) is 0 Å². The van der Waals surface area contributed by atoms with Crippen LogP contribution in [0.3, 0.4) is 0 Å². The Morgan fingerprint density at radius 2 is 1.62 bits per heavy atom. The lowest BCUT2D eigenvalue weighted by Gasteiger charge is -2.21. The first-order valence-electron chi connectivity index (χ1n) is 6.16. The fourth-order valence-corrected chi connectivity index (χ4v) is 2.41. The van der Waals surface area contributed by atoms with E-state index < -0.39 is 0 Å². The number of rotatable bonds is 5. The molecule has 0 bridgehead atoms. The average Bonchev–Trinajstić information content (AvgIpc) is 2.98. The van der Waals surface area contributed by atoms with Gasteiger partial charge in [-0.15, -0.1) is 0 Å². The Morgan fingerprint density at radius 3 is 2.31 bits per heavy atom. The Morgan fingerprint density at radius 1 is 0.846 bits per heavy atom. The summed E-state index contributed by atoms with van der Waals surface area (Å²) in [5, 5.41) is 3.63. The molecule has 2 aliphatic carbocycles. The molecule has 2 saturated carbocycles. The maximum Gasteiger partial charge on any atom is -0.00205 e. The molecule has 2 aliphatic rings. The van der Waals surface area contributed by atoms with Crippen molar-refractivity contribution < 1.29 is 0 Å². The molecule has 2 rings (SSSR count). The highest BCUT2D eigenvalue weighted by atomic mass is 14.9. The number of nitrogens with one attached hydrogen (secondary N) is 1. The van der Waals surface area contributed by atoms with E-state index in [0.717, 1.165) is 11.8 Å². The Labute approximate surface area is 82.3 Å². The Bertz CT molecular complexity index is 134. The highest BCUT2D eigenvalue weighted by Crippen LogP contribution is 2.31. The van der Waals surface area contributed by atoms with Crippen molar-refractivity contribution in [1.82, 2.24) is 5.32 Å². The topological polar surface area (TPSA) is 12.0 Å². The van der Waals surface area contributed by atoms with Gasteiger partial charge in [-0.05, 0) is 44.2 Å². The molecule has 0 amide bonds. The smallest absolute Gasteiger partial charge is 0.00205 e. The summed E-state index contributed by atoms with van der Waals surface area (Å²) in [7, 11) is 0. The van der Waals surface area contributed by atoms with Crippen molar-refractivity contribution in [2.45, 2.75) is 51.4 Å². The van der Waals surface area contributed by atoms with Crippen LogP contribution in [0.4, 0.5) is 0 Å². The second kappa shape index (κ2) is 4.99. The van der Waals surface area contributed by atoms with Gasteiger partial charge >= 0.3 is 0 Å². The molecule has 1 N–H and O–H groups in total. The minimum Gasteiger partial charge on any atom is -0.316 e. The summed E-state index contributed by atoms with van der Waals surface area (Å²) in [4.78, 5) is 0. The van der Waals surface area contributed by atoms with E-state index in [4.69, 9.17) is 0 Å². The van der Waals surface area contributed by atoms with E-state index in [1.54, 1.807) is 0 Å². The molecule has 0 spiro atoms. The van der Waals surface area contributed by atoms with Crippen molar-refractivity contribution in [3.63, 3.8) is 0 Å². The van der Waals surface area contributed by atoms with Crippen LogP contribution in [0.15, 0.2) is 0 Å². The molecule has 13 heavy (non-hydrogen) atoms. The number of hydrogen-bond donors (Lipinski definition) is 1. The van der Waals surface area contributed by atoms with Crippen LogP contribution < -0.4 is 5.32 Å². The van der Waals surface area contributed by atoms with Crippen molar-refractivity contribution in [3.05, 3.63) is 0 Å². The Kier molecular flexibility index (Phi) is 3.65. The summed E-state index contributed by atoms with van der Waals surface area (Å²) in [5.74, 6) is 2.10. The summed E-state index contributed by atoms with van der Waals surface area (Å²) in [6, 6.07) is 0. The fraction of sp³-hybridized carbons (Fsp3) is 1.00. The molecule has 0 aromatic rings. The minimum atomic E-state index is 1.01. The van der Waals surface area contributed by atoms with Crippen molar-refractivity contribution in [3.8, 4) is 0 Å². The normalized spacial score (nSPS) is 24.9. The van der Waals surface area contributed by atoms with E-state index in [0.29, 0.717) is 0 Å². The third-order valence-corrected chi connectivity index (χ3v) is 3.58. The van der Waals surface area contributed by atoms with Crippen molar-refractivity contribution in [1.29, 1.82) is 0 Å². The summed E-state index contributed by atoms with van der Waals surface area (Å²) in [5.41, 5.74) is 0. The van der Waals surface area contributed by atoms with Gasteiger partial charge in [0, 0.05) is 0 Å². The zero-order valence-corrected chi connectivity index (χ0v) is 8.73. The third-order valence-electron chi connectivity index (χ3n) is 3.58. The predicted molar refractivity (Wildman–Crippen MR) is 56.8 cm³/mol. The molecule has 0 saturated heterocycles. The van der Waals surface area contributed by atoms with Crippen LogP contribution in [-0.4, -0.2) is 13.1 Å². The lowest BCUT2D eigenvalue weighted by molar-refractivity contribution is 0.341. The van der Waals surface area contributed by atoms with Gasteiger partial charge in [-0.3, -0.25) is 0 Å². The molecule has 2 fully saturated rings. The van der Waals surface area contributed by atoms with E-state index in [-0.39, 0.29) is 0 Å².